The van der Waals surface area contributed by atoms with Crippen molar-refractivity contribution in [3.05, 3.63) is 100 Å². The number of hydrogen-bond donors (Lipinski definition) is 2. The van der Waals surface area contributed by atoms with Crippen molar-refractivity contribution in [1.82, 2.24) is 0 Å². The molecular weight excluding hydrogens is 459 g/mol. The topological polar surface area (TPSA) is 89.3 Å². The summed E-state index contributed by atoms with van der Waals surface area (Å²) in [6.45, 7) is 3.87. The number of nitrogens with one attached hydrogen (secondary N) is 1. The molecule has 8 heteroatoms. The van der Waals surface area contributed by atoms with Crippen LogP contribution in [0.25, 0.3) is 0 Å². The van der Waals surface area contributed by atoms with Crippen LogP contribution in [0, 0.1) is 19.7 Å². The minimum Gasteiger partial charge on any atom is -0.396 e. The van der Waals surface area contributed by atoms with Crippen LogP contribution in [-0.4, -0.2) is 14.2 Å². The SMILES string of the molecule is Cc1ccc(Nc2sc(C(=O)c3ccc(F)cc3)c(N)c2S(=O)(=O)c2ccccc2)c(C)c1. The largest absolute Gasteiger partial charge is 0.396 e. The molecule has 0 radical (unpaired) electrons. The van der Waals surface area contributed by atoms with Crippen molar-refractivity contribution >= 4 is 43.3 Å². The molecule has 0 aliphatic heterocycles. The fraction of sp³-hybridized carbons (Fsp3) is 0.0800. The highest BCUT2D eigenvalue weighted by Gasteiger charge is 2.31. The molecule has 4 rings (SSSR count). The van der Waals surface area contributed by atoms with Crippen LogP contribution in [0.2, 0.25) is 0 Å². The lowest BCUT2D eigenvalue weighted by molar-refractivity contribution is 0.104. The summed E-state index contributed by atoms with van der Waals surface area (Å²) in [6, 6.07) is 18.7. The van der Waals surface area contributed by atoms with Crippen molar-refractivity contribution in [1.29, 1.82) is 0 Å². The number of hydrogen-bond acceptors (Lipinski definition) is 6. The van der Waals surface area contributed by atoms with Gasteiger partial charge in [-0.05, 0) is 61.9 Å². The van der Waals surface area contributed by atoms with Crippen LogP contribution in [-0.2, 0) is 9.84 Å². The predicted octanol–water partition coefficient (Wildman–Crippen LogP) is 5.89. The number of benzene rings is 3. The zero-order valence-electron chi connectivity index (χ0n) is 17.9. The third-order valence-corrected chi connectivity index (χ3v) is 8.27. The van der Waals surface area contributed by atoms with Gasteiger partial charge < -0.3 is 11.1 Å². The quantitative estimate of drug-likeness (QED) is 0.336. The number of carbonyl (C=O) groups excluding carboxylic acids is 1. The fourth-order valence-corrected chi connectivity index (χ4v) is 6.42. The molecular formula is C25H21FN2O3S2. The molecule has 168 valence electrons. The average Bonchev–Trinajstić information content (AvgIpc) is 3.12. The highest BCUT2D eigenvalue weighted by molar-refractivity contribution is 7.92. The summed E-state index contributed by atoms with van der Waals surface area (Å²) < 4.78 is 40.4. The van der Waals surface area contributed by atoms with E-state index in [0.717, 1.165) is 22.5 Å². The molecule has 0 saturated heterocycles. The van der Waals surface area contributed by atoms with Crippen LogP contribution in [0.4, 0.5) is 20.8 Å². The molecule has 3 N–H and O–H groups in total. The van der Waals surface area contributed by atoms with Gasteiger partial charge in [0, 0.05) is 11.3 Å². The molecule has 0 bridgehead atoms. The van der Waals surface area contributed by atoms with Crippen molar-refractivity contribution in [3.8, 4) is 0 Å². The maximum atomic E-state index is 13.5. The van der Waals surface area contributed by atoms with Gasteiger partial charge in [-0.2, -0.15) is 0 Å². The van der Waals surface area contributed by atoms with Crippen molar-refractivity contribution in [2.24, 2.45) is 0 Å². The van der Waals surface area contributed by atoms with Gasteiger partial charge in [0.25, 0.3) is 0 Å². The van der Waals surface area contributed by atoms with Crippen molar-refractivity contribution < 1.29 is 17.6 Å². The molecule has 0 amide bonds. The zero-order chi connectivity index (χ0) is 23.8. The van der Waals surface area contributed by atoms with Crippen LogP contribution in [0.3, 0.4) is 0 Å². The van der Waals surface area contributed by atoms with Gasteiger partial charge >= 0.3 is 0 Å². The molecule has 1 aromatic heterocycles. The van der Waals surface area contributed by atoms with E-state index in [1.807, 2.05) is 32.0 Å². The number of ketones is 1. The van der Waals surface area contributed by atoms with Gasteiger partial charge in [-0.3, -0.25) is 4.79 Å². The van der Waals surface area contributed by atoms with E-state index in [1.165, 1.54) is 36.4 Å². The van der Waals surface area contributed by atoms with Crippen molar-refractivity contribution in [3.63, 3.8) is 0 Å². The summed E-state index contributed by atoms with van der Waals surface area (Å²) in [5.74, 6) is -0.953. The Bertz CT molecular complexity index is 1450. The van der Waals surface area contributed by atoms with Crippen LogP contribution in [0.15, 0.2) is 82.6 Å². The normalized spacial score (nSPS) is 11.4. The Labute approximate surface area is 195 Å². The second-order valence-corrected chi connectivity index (χ2v) is 10.5. The van der Waals surface area contributed by atoms with Gasteiger partial charge in [-0.25, -0.2) is 12.8 Å². The van der Waals surface area contributed by atoms with Crippen LogP contribution in [0.1, 0.15) is 26.4 Å². The second-order valence-electron chi connectivity index (χ2n) is 7.60. The molecule has 4 aromatic rings. The zero-order valence-corrected chi connectivity index (χ0v) is 19.6. The summed E-state index contributed by atoms with van der Waals surface area (Å²) in [4.78, 5) is 13.1. The number of rotatable bonds is 6. The molecule has 0 atom stereocenters. The second kappa shape index (κ2) is 8.80. The number of carbonyl (C=O) groups is 1. The third kappa shape index (κ3) is 4.40. The maximum absolute atomic E-state index is 13.5. The van der Waals surface area contributed by atoms with Gasteiger partial charge in [0.1, 0.15) is 20.6 Å². The smallest absolute Gasteiger partial charge is 0.211 e. The van der Waals surface area contributed by atoms with E-state index in [2.05, 4.69) is 5.32 Å². The number of sulfone groups is 1. The summed E-state index contributed by atoms with van der Waals surface area (Å²) in [7, 11) is -4.03. The van der Waals surface area contributed by atoms with Crippen LogP contribution >= 0.6 is 11.3 Å². The molecule has 0 spiro atoms. The minimum atomic E-state index is -4.03. The van der Waals surface area contributed by atoms with Gasteiger partial charge in [-0.15, -0.1) is 11.3 Å². The van der Waals surface area contributed by atoms with Gasteiger partial charge in [-0.1, -0.05) is 35.9 Å². The van der Waals surface area contributed by atoms with Crippen LogP contribution in [0.5, 0.6) is 0 Å². The predicted molar refractivity (Wildman–Crippen MR) is 130 cm³/mol. The highest BCUT2D eigenvalue weighted by atomic mass is 32.2. The van der Waals surface area contributed by atoms with Crippen molar-refractivity contribution in [2.75, 3.05) is 11.1 Å². The Morgan fingerprint density at radius 2 is 1.64 bits per heavy atom. The Morgan fingerprint density at radius 3 is 2.27 bits per heavy atom. The number of nitrogen functional groups attached to an aromatic ring is 1. The van der Waals surface area contributed by atoms with Gasteiger partial charge in [0.05, 0.1) is 10.6 Å². The van der Waals surface area contributed by atoms with E-state index < -0.39 is 21.4 Å². The summed E-state index contributed by atoms with van der Waals surface area (Å²) >= 11 is 0.964. The first-order valence-corrected chi connectivity index (χ1v) is 12.4. The van der Waals surface area contributed by atoms with E-state index >= 15 is 0 Å². The Hall–Kier alpha value is -3.49. The van der Waals surface area contributed by atoms with E-state index in [4.69, 9.17) is 5.73 Å². The average molecular weight is 481 g/mol. The van der Waals surface area contributed by atoms with E-state index in [9.17, 15) is 17.6 Å². The number of halogens is 1. The lowest BCUT2D eigenvalue weighted by Gasteiger charge is -2.12. The number of thiophene rings is 1. The number of anilines is 3. The van der Waals surface area contributed by atoms with Gasteiger partial charge in [0.15, 0.2) is 0 Å². The minimum absolute atomic E-state index is 0.0685. The summed E-state index contributed by atoms with van der Waals surface area (Å²) in [6.07, 6.45) is 0. The monoisotopic (exact) mass is 480 g/mol. The maximum Gasteiger partial charge on any atom is 0.211 e. The van der Waals surface area contributed by atoms with Crippen molar-refractivity contribution in [2.45, 2.75) is 23.6 Å². The van der Waals surface area contributed by atoms with E-state index in [0.29, 0.717) is 5.69 Å². The first-order valence-electron chi connectivity index (χ1n) is 10.1. The molecule has 0 fully saturated rings. The summed E-state index contributed by atoms with van der Waals surface area (Å²) in [5, 5.41) is 3.41. The lowest BCUT2D eigenvalue weighted by Crippen LogP contribution is -2.08. The fourth-order valence-electron chi connectivity index (χ4n) is 3.47. The molecule has 0 unspecified atom stereocenters. The van der Waals surface area contributed by atoms with Crippen LogP contribution < -0.4 is 11.1 Å². The van der Waals surface area contributed by atoms with E-state index in [-0.39, 0.29) is 30.9 Å². The molecule has 3 aromatic carbocycles. The standard InChI is InChI=1S/C25H21FN2O3S2/c1-15-8-13-20(16(2)14-15)28-25-24(33(30,31)19-6-4-3-5-7-19)21(27)23(32-25)22(29)17-9-11-18(26)12-10-17/h3-14,28H,27H2,1-2H3. The number of nitrogens with two attached hydrogens (primary N) is 1. The lowest BCUT2D eigenvalue weighted by atomic mass is 10.1. The molecule has 0 saturated carbocycles. The van der Waals surface area contributed by atoms with Gasteiger partial charge in [0.2, 0.25) is 15.6 Å². The first kappa shape index (κ1) is 22.7. The molecule has 5 nitrogen and oxygen atoms in total. The Balaban J connectivity index is 1.89. The molecule has 33 heavy (non-hydrogen) atoms. The first-order chi connectivity index (χ1) is 15.7. The molecule has 1 heterocycles. The number of aryl methyl sites for hydroxylation is 2. The Kier molecular flexibility index (Phi) is 6.05. The molecule has 0 aliphatic carbocycles. The summed E-state index contributed by atoms with van der Waals surface area (Å²) in [5.41, 5.74) is 9.07. The third-order valence-electron chi connectivity index (χ3n) is 5.16. The Morgan fingerprint density at radius 1 is 0.970 bits per heavy atom. The highest BCUT2D eigenvalue weighted by Crippen LogP contribution is 2.44. The molecule has 0 aliphatic rings. The van der Waals surface area contributed by atoms with E-state index in [1.54, 1.807) is 18.2 Å².